The number of hydrogen-bond acceptors (Lipinski definition) is 4. The Balaban J connectivity index is 1.64. The molecule has 0 bridgehead atoms. The average molecular weight is 363 g/mol. The summed E-state index contributed by atoms with van der Waals surface area (Å²) in [5.41, 5.74) is 9.53. The number of oxazole rings is 1. The molecule has 6 heteroatoms. The first-order valence-electron chi connectivity index (χ1n) is 9.03. The second kappa shape index (κ2) is 6.54. The van der Waals surface area contributed by atoms with Gasteiger partial charge in [0.2, 0.25) is 17.7 Å². The molecule has 0 aliphatic carbocycles. The van der Waals surface area contributed by atoms with Crippen LogP contribution in [0, 0.1) is 5.92 Å². The fourth-order valence-corrected chi connectivity index (χ4v) is 3.37. The van der Waals surface area contributed by atoms with Gasteiger partial charge in [-0.3, -0.25) is 9.59 Å². The van der Waals surface area contributed by atoms with E-state index in [2.05, 4.69) is 31.0 Å². The number of primary amides is 1. The number of carbonyl (C=O) groups is 2. The van der Waals surface area contributed by atoms with Crippen LogP contribution in [0.1, 0.15) is 31.7 Å². The molecule has 4 rings (SSSR count). The van der Waals surface area contributed by atoms with Gasteiger partial charge in [0.25, 0.3) is 0 Å². The van der Waals surface area contributed by atoms with E-state index in [0.717, 1.165) is 5.56 Å². The largest absolute Gasteiger partial charge is 0.436 e. The van der Waals surface area contributed by atoms with Crippen LogP contribution in [0.25, 0.3) is 22.6 Å². The molecule has 0 spiro atoms. The zero-order valence-corrected chi connectivity index (χ0v) is 15.3. The molecule has 2 heterocycles. The minimum Gasteiger partial charge on any atom is -0.436 e. The summed E-state index contributed by atoms with van der Waals surface area (Å²) < 4.78 is 5.87. The molecule has 1 unspecified atom stereocenters. The van der Waals surface area contributed by atoms with Crippen LogP contribution in [0.3, 0.4) is 0 Å². The van der Waals surface area contributed by atoms with Gasteiger partial charge in [0.1, 0.15) is 5.52 Å². The molecule has 138 valence electrons. The van der Waals surface area contributed by atoms with Gasteiger partial charge in [-0.15, -0.1) is 0 Å². The highest BCUT2D eigenvalue weighted by molar-refractivity contribution is 6.01. The molecule has 6 nitrogen and oxygen atoms in total. The molecule has 0 radical (unpaired) electrons. The predicted octanol–water partition coefficient (Wildman–Crippen LogP) is 3.46. The summed E-state index contributed by atoms with van der Waals surface area (Å²) in [5, 5.41) is 0. The molecule has 1 saturated heterocycles. The van der Waals surface area contributed by atoms with Crippen molar-refractivity contribution in [3.8, 4) is 11.5 Å². The maximum atomic E-state index is 12.2. The minimum absolute atomic E-state index is 0.105. The first kappa shape index (κ1) is 17.3. The Hall–Kier alpha value is -3.15. The van der Waals surface area contributed by atoms with E-state index in [-0.39, 0.29) is 12.3 Å². The number of fused-ring (bicyclic) bond motifs is 1. The van der Waals surface area contributed by atoms with Crippen LogP contribution in [0.4, 0.5) is 5.69 Å². The van der Waals surface area contributed by atoms with Gasteiger partial charge in [-0.25, -0.2) is 4.98 Å². The van der Waals surface area contributed by atoms with Gasteiger partial charge in [-0.05, 0) is 41.8 Å². The topological polar surface area (TPSA) is 89.4 Å². The van der Waals surface area contributed by atoms with Crippen LogP contribution in [0.2, 0.25) is 0 Å². The third-order valence-electron chi connectivity index (χ3n) is 5.03. The van der Waals surface area contributed by atoms with E-state index in [0.29, 0.717) is 35.1 Å². The lowest BCUT2D eigenvalue weighted by Crippen LogP contribution is -2.28. The Bertz CT molecular complexity index is 1020. The number of aromatic nitrogens is 1. The fraction of sp³-hybridized carbons (Fsp3) is 0.286. The summed E-state index contributed by atoms with van der Waals surface area (Å²) in [5.74, 6) is 0.0138. The second-order valence-corrected chi connectivity index (χ2v) is 7.26. The molecule has 1 aliphatic heterocycles. The summed E-state index contributed by atoms with van der Waals surface area (Å²) in [6, 6.07) is 13.6. The number of nitrogens with zero attached hydrogens (tertiary/aromatic N) is 2. The molecule has 0 saturated carbocycles. The van der Waals surface area contributed by atoms with Crippen molar-refractivity contribution in [2.24, 2.45) is 11.7 Å². The Morgan fingerprint density at radius 2 is 1.96 bits per heavy atom. The summed E-state index contributed by atoms with van der Waals surface area (Å²) in [6.07, 6.45) is 0.152. The zero-order valence-electron chi connectivity index (χ0n) is 15.3. The Morgan fingerprint density at radius 1 is 1.22 bits per heavy atom. The predicted molar refractivity (Wildman–Crippen MR) is 103 cm³/mol. The highest BCUT2D eigenvalue weighted by Crippen LogP contribution is 2.31. The van der Waals surface area contributed by atoms with E-state index >= 15 is 0 Å². The maximum Gasteiger partial charge on any atom is 0.227 e. The lowest BCUT2D eigenvalue weighted by atomic mass is 10.0. The Labute approximate surface area is 157 Å². The summed E-state index contributed by atoms with van der Waals surface area (Å²) in [7, 11) is 0. The van der Waals surface area contributed by atoms with Crippen LogP contribution in [-0.4, -0.2) is 23.3 Å². The maximum absolute atomic E-state index is 12.2. The molecular weight excluding hydrogens is 342 g/mol. The number of hydrogen-bond donors (Lipinski definition) is 1. The molecule has 1 aromatic heterocycles. The average Bonchev–Trinajstić information content (AvgIpc) is 3.24. The molecule has 3 aromatic rings. The van der Waals surface area contributed by atoms with E-state index in [4.69, 9.17) is 10.2 Å². The molecule has 2 N–H and O–H groups in total. The van der Waals surface area contributed by atoms with Crippen LogP contribution in [0.15, 0.2) is 46.9 Å². The quantitative estimate of drug-likeness (QED) is 0.769. The van der Waals surface area contributed by atoms with Crippen molar-refractivity contribution in [1.82, 2.24) is 4.98 Å². The van der Waals surface area contributed by atoms with Gasteiger partial charge >= 0.3 is 0 Å². The van der Waals surface area contributed by atoms with E-state index < -0.39 is 11.8 Å². The van der Waals surface area contributed by atoms with Crippen molar-refractivity contribution in [1.29, 1.82) is 0 Å². The number of rotatable bonds is 4. The first-order valence-corrected chi connectivity index (χ1v) is 9.03. The van der Waals surface area contributed by atoms with Crippen molar-refractivity contribution < 1.29 is 14.0 Å². The van der Waals surface area contributed by atoms with Gasteiger partial charge in [-0.2, -0.15) is 0 Å². The number of benzene rings is 2. The Kier molecular flexibility index (Phi) is 4.18. The molecular formula is C21H21N3O3. The lowest BCUT2D eigenvalue weighted by Gasteiger charge is -2.15. The van der Waals surface area contributed by atoms with Crippen molar-refractivity contribution in [3.63, 3.8) is 0 Å². The number of anilines is 1. The summed E-state index contributed by atoms with van der Waals surface area (Å²) in [4.78, 5) is 29.7. The van der Waals surface area contributed by atoms with E-state index in [1.54, 1.807) is 17.0 Å². The van der Waals surface area contributed by atoms with Gasteiger partial charge in [0, 0.05) is 24.2 Å². The van der Waals surface area contributed by atoms with Crippen molar-refractivity contribution in [2.45, 2.75) is 26.2 Å². The molecule has 1 fully saturated rings. The highest BCUT2D eigenvalue weighted by Gasteiger charge is 2.34. The SMILES string of the molecule is CC(C)c1ccc(-c2nc3cc(N4CC(C(N)=O)CC4=O)ccc3o2)cc1. The molecule has 27 heavy (non-hydrogen) atoms. The van der Waals surface area contributed by atoms with Crippen LogP contribution < -0.4 is 10.6 Å². The normalized spacial score (nSPS) is 17.2. The van der Waals surface area contributed by atoms with E-state index in [1.807, 2.05) is 18.2 Å². The summed E-state index contributed by atoms with van der Waals surface area (Å²) in [6.45, 7) is 4.61. The standard InChI is InChI=1S/C21H21N3O3/c1-12(2)13-3-5-14(6-4-13)21-23-17-10-16(7-8-18(17)27-21)24-11-15(20(22)26)9-19(24)25/h3-8,10,12,15H,9,11H2,1-2H3,(H2,22,26). The second-order valence-electron chi connectivity index (χ2n) is 7.26. The van der Waals surface area contributed by atoms with Gasteiger partial charge < -0.3 is 15.1 Å². The molecule has 1 atom stereocenters. The number of carbonyl (C=O) groups excluding carboxylic acids is 2. The molecule has 2 amide bonds. The lowest BCUT2D eigenvalue weighted by molar-refractivity contribution is -0.123. The molecule has 1 aliphatic rings. The van der Waals surface area contributed by atoms with Gasteiger partial charge in [-0.1, -0.05) is 26.0 Å². The third-order valence-corrected chi connectivity index (χ3v) is 5.03. The first-order chi connectivity index (χ1) is 12.9. The highest BCUT2D eigenvalue weighted by atomic mass is 16.3. The Morgan fingerprint density at radius 3 is 2.59 bits per heavy atom. The van der Waals surface area contributed by atoms with E-state index in [1.165, 1.54) is 5.56 Å². The monoisotopic (exact) mass is 363 g/mol. The van der Waals surface area contributed by atoms with Gasteiger partial charge in [0.05, 0.1) is 5.92 Å². The van der Waals surface area contributed by atoms with E-state index in [9.17, 15) is 9.59 Å². The molecule has 2 aromatic carbocycles. The number of amides is 2. The zero-order chi connectivity index (χ0) is 19.1. The van der Waals surface area contributed by atoms with Crippen molar-refractivity contribution in [2.75, 3.05) is 11.4 Å². The van der Waals surface area contributed by atoms with Gasteiger partial charge in [0.15, 0.2) is 5.58 Å². The number of nitrogens with two attached hydrogens (primary N) is 1. The van der Waals surface area contributed by atoms with Crippen LogP contribution >= 0.6 is 0 Å². The fourth-order valence-electron chi connectivity index (χ4n) is 3.37. The van der Waals surface area contributed by atoms with Crippen LogP contribution in [-0.2, 0) is 9.59 Å². The van der Waals surface area contributed by atoms with Crippen molar-refractivity contribution in [3.05, 3.63) is 48.0 Å². The van der Waals surface area contributed by atoms with Crippen LogP contribution in [0.5, 0.6) is 0 Å². The third kappa shape index (κ3) is 3.18. The minimum atomic E-state index is -0.444. The smallest absolute Gasteiger partial charge is 0.227 e. The summed E-state index contributed by atoms with van der Waals surface area (Å²) >= 11 is 0. The van der Waals surface area contributed by atoms with Crippen molar-refractivity contribution >= 4 is 28.6 Å².